The molecule has 6 heteroatoms. The van der Waals surface area contributed by atoms with Gasteiger partial charge < -0.3 is 19.7 Å². The van der Waals surface area contributed by atoms with Gasteiger partial charge in [-0.1, -0.05) is 36.4 Å². The van der Waals surface area contributed by atoms with Crippen molar-refractivity contribution in [1.29, 1.82) is 0 Å². The molecule has 0 saturated carbocycles. The molecule has 0 bridgehead atoms. The Labute approximate surface area is 161 Å². The molecule has 3 aromatic rings. The maximum Gasteiger partial charge on any atom is 0.231 e. The Hall–Kier alpha value is -3.54. The average molecular weight is 374 g/mol. The Morgan fingerprint density at radius 3 is 2.75 bits per heavy atom. The average Bonchev–Trinajstić information content (AvgIpc) is 3.33. The number of nitrogens with zero attached hydrogens (tertiary/aromatic N) is 1. The standard InChI is InChI=1S/C22H18N2O4/c25-21-10-15(22(26)23-16-8-9-19-20(11-16)28-13-27-19)12-24(21)18-7-3-5-14-4-1-2-6-17(14)18/h1-9,11,15H,10,12-13H2,(H,23,26)/t15-/m0/s1. The molecule has 1 atom stereocenters. The summed E-state index contributed by atoms with van der Waals surface area (Å²) in [6.45, 7) is 0.549. The summed E-state index contributed by atoms with van der Waals surface area (Å²) in [4.78, 5) is 27.1. The highest BCUT2D eigenvalue weighted by Crippen LogP contribution is 2.35. The predicted octanol–water partition coefficient (Wildman–Crippen LogP) is 3.56. The van der Waals surface area contributed by atoms with Crippen LogP contribution in [0.4, 0.5) is 11.4 Å². The highest BCUT2D eigenvalue weighted by molar-refractivity contribution is 6.08. The van der Waals surface area contributed by atoms with Crippen LogP contribution in [0.5, 0.6) is 11.5 Å². The fourth-order valence-corrected chi connectivity index (χ4v) is 3.78. The molecule has 0 radical (unpaired) electrons. The molecular weight excluding hydrogens is 356 g/mol. The molecule has 2 aliphatic rings. The Kier molecular flexibility index (Phi) is 3.90. The lowest BCUT2D eigenvalue weighted by molar-refractivity contribution is -0.122. The van der Waals surface area contributed by atoms with Gasteiger partial charge in [0.15, 0.2) is 11.5 Å². The molecule has 0 aliphatic carbocycles. The minimum absolute atomic E-state index is 0.0396. The number of hydrogen-bond acceptors (Lipinski definition) is 4. The van der Waals surface area contributed by atoms with E-state index in [1.54, 1.807) is 23.1 Å². The van der Waals surface area contributed by atoms with Gasteiger partial charge in [0.05, 0.1) is 11.6 Å². The van der Waals surface area contributed by atoms with Crippen LogP contribution in [-0.2, 0) is 9.59 Å². The van der Waals surface area contributed by atoms with Crippen molar-refractivity contribution in [1.82, 2.24) is 0 Å². The number of fused-ring (bicyclic) bond motifs is 2. The first-order valence-electron chi connectivity index (χ1n) is 9.18. The monoisotopic (exact) mass is 374 g/mol. The molecule has 0 spiro atoms. The third-order valence-corrected chi connectivity index (χ3v) is 5.19. The van der Waals surface area contributed by atoms with Crippen molar-refractivity contribution < 1.29 is 19.1 Å². The normalized spacial score (nSPS) is 17.9. The summed E-state index contributed by atoms with van der Waals surface area (Å²) < 4.78 is 10.6. The molecule has 2 amide bonds. The summed E-state index contributed by atoms with van der Waals surface area (Å²) >= 11 is 0. The van der Waals surface area contributed by atoms with Gasteiger partial charge in [0.25, 0.3) is 0 Å². The number of benzene rings is 3. The summed E-state index contributed by atoms with van der Waals surface area (Å²) in [6.07, 6.45) is 0.194. The van der Waals surface area contributed by atoms with Gasteiger partial charge in [0.2, 0.25) is 18.6 Å². The molecule has 2 heterocycles. The van der Waals surface area contributed by atoms with E-state index in [0.29, 0.717) is 23.7 Å². The fraction of sp³-hybridized carbons (Fsp3) is 0.182. The van der Waals surface area contributed by atoms with E-state index in [2.05, 4.69) is 5.32 Å². The molecule has 0 unspecified atom stereocenters. The van der Waals surface area contributed by atoms with E-state index in [1.807, 2.05) is 42.5 Å². The van der Waals surface area contributed by atoms with E-state index in [-0.39, 0.29) is 25.0 Å². The van der Waals surface area contributed by atoms with E-state index < -0.39 is 5.92 Å². The van der Waals surface area contributed by atoms with Gasteiger partial charge in [-0.25, -0.2) is 0 Å². The zero-order valence-corrected chi connectivity index (χ0v) is 15.1. The summed E-state index contributed by atoms with van der Waals surface area (Å²) in [6, 6.07) is 19.1. The van der Waals surface area contributed by atoms with Gasteiger partial charge >= 0.3 is 0 Å². The smallest absolute Gasteiger partial charge is 0.231 e. The van der Waals surface area contributed by atoms with Crippen molar-refractivity contribution >= 4 is 34.0 Å². The molecule has 1 saturated heterocycles. The number of rotatable bonds is 3. The number of anilines is 2. The van der Waals surface area contributed by atoms with Crippen LogP contribution >= 0.6 is 0 Å². The molecule has 5 rings (SSSR count). The van der Waals surface area contributed by atoms with Crippen molar-refractivity contribution in [3.8, 4) is 11.5 Å². The maximum absolute atomic E-state index is 12.7. The lowest BCUT2D eigenvalue weighted by atomic mass is 10.1. The summed E-state index contributed by atoms with van der Waals surface area (Å²) in [5.41, 5.74) is 1.48. The third kappa shape index (κ3) is 2.83. The molecule has 140 valence electrons. The molecular formula is C22H18N2O4. The van der Waals surface area contributed by atoms with Crippen LogP contribution in [0.15, 0.2) is 60.7 Å². The highest BCUT2D eigenvalue weighted by atomic mass is 16.7. The Morgan fingerprint density at radius 2 is 1.82 bits per heavy atom. The molecule has 1 N–H and O–H groups in total. The first-order chi connectivity index (χ1) is 13.7. The van der Waals surface area contributed by atoms with Crippen LogP contribution in [0.3, 0.4) is 0 Å². The number of carbonyl (C=O) groups excluding carboxylic acids is 2. The van der Waals surface area contributed by atoms with Gasteiger partial charge in [-0.05, 0) is 23.6 Å². The van der Waals surface area contributed by atoms with Gasteiger partial charge in [0.1, 0.15) is 0 Å². The zero-order valence-electron chi connectivity index (χ0n) is 15.1. The topological polar surface area (TPSA) is 67.9 Å². The van der Waals surface area contributed by atoms with Crippen molar-refractivity contribution in [3.05, 3.63) is 60.7 Å². The molecule has 28 heavy (non-hydrogen) atoms. The first kappa shape index (κ1) is 16.6. The highest BCUT2D eigenvalue weighted by Gasteiger charge is 2.35. The minimum atomic E-state index is -0.406. The lowest BCUT2D eigenvalue weighted by Crippen LogP contribution is -2.28. The summed E-state index contributed by atoms with van der Waals surface area (Å²) in [5, 5.41) is 4.97. The molecule has 0 aromatic heterocycles. The van der Waals surface area contributed by atoms with Crippen LogP contribution in [0.2, 0.25) is 0 Å². The predicted molar refractivity (Wildman–Crippen MR) is 106 cm³/mol. The number of amides is 2. The zero-order chi connectivity index (χ0) is 19.1. The molecule has 3 aromatic carbocycles. The Balaban J connectivity index is 1.35. The van der Waals surface area contributed by atoms with E-state index >= 15 is 0 Å². The quantitative estimate of drug-likeness (QED) is 0.761. The van der Waals surface area contributed by atoms with Crippen LogP contribution in [-0.4, -0.2) is 25.2 Å². The second-order valence-corrected chi connectivity index (χ2v) is 6.96. The van der Waals surface area contributed by atoms with Crippen molar-refractivity contribution in [2.75, 3.05) is 23.6 Å². The summed E-state index contributed by atoms with van der Waals surface area (Å²) in [5.74, 6) is 0.655. The Morgan fingerprint density at radius 1 is 1.00 bits per heavy atom. The van der Waals surface area contributed by atoms with Crippen molar-refractivity contribution in [2.45, 2.75) is 6.42 Å². The number of carbonyl (C=O) groups is 2. The number of ether oxygens (including phenoxy) is 2. The van der Waals surface area contributed by atoms with Crippen LogP contribution < -0.4 is 19.7 Å². The second kappa shape index (κ2) is 6.56. The van der Waals surface area contributed by atoms with Gasteiger partial charge in [-0.2, -0.15) is 0 Å². The van der Waals surface area contributed by atoms with Gasteiger partial charge in [-0.3, -0.25) is 9.59 Å². The molecule has 2 aliphatic heterocycles. The first-order valence-corrected chi connectivity index (χ1v) is 9.18. The molecule has 6 nitrogen and oxygen atoms in total. The van der Waals surface area contributed by atoms with Gasteiger partial charge in [-0.15, -0.1) is 0 Å². The van der Waals surface area contributed by atoms with E-state index in [9.17, 15) is 9.59 Å². The van der Waals surface area contributed by atoms with Gasteiger partial charge in [0, 0.05) is 30.1 Å². The summed E-state index contributed by atoms with van der Waals surface area (Å²) in [7, 11) is 0. The van der Waals surface area contributed by atoms with Crippen LogP contribution in [0, 0.1) is 5.92 Å². The number of nitrogens with one attached hydrogen (secondary N) is 1. The van der Waals surface area contributed by atoms with E-state index in [4.69, 9.17) is 9.47 Å². The lowest BCUT2D eigenvalue weighted by Gasteiger charge is -2.19. The van der Waals surface area contributed by atoms with Crippen LogP contribution in [0.1, 0.15) is 6.42 Å². The largest absolute Gasteiger partial charge is 0.454 e. The van der Waals surface area contributed by atoms with Crippen molar-refractivity contribution in [2.24, 2.45) is 5.92 Å². The fourth-order valence-electron chi connectivity index (χ4n) is 3.78. The second-order valence-electron chi connectivity index (χ2n) is 6.96. The number of hydrogen-bond donors (Lipinski definition) is 1. The SMILES string of the molecule is O=C(Nc1ccc2c(c1)OCO2)[C@H]1CC(=O)N(c2cccc3ccccc23)C1. The third-order valence-electron chi connectivity index (χ3n) is 5.19. The van der Waals surface area contributed by atoms with E-state index in [1.165, 1.54) is 0 Å². The molecule has 1 fully saturated rings. The van der Waals surface area contributed by atoms with E-state index in [0.717, 1.165) is 16.5 Å². The Bertz CT molecular complexity index is 1090. The van der Waals surface area contributed by atoms with Crippen LogP contribution in [0.25, 0.3) is 10.8 Å². The van der Waals surface area contributed by atoms with Crippen molar-refractivity contribution in [3.63, 3.8) is 0 Å². The minimum Gasteiger partial charge on any atom is -0.454 e. The maximum atomic E-state index is 12.7.